The zero-order chi connectivity index (χ0) is 26.8. The highest BCUT2D eigenvalue weighted by atomic mass is 35.5. The number of halogens is 3. The van der Waals surface area contributed by atoms with E-state index in [1.165, 1.54) is 19.2 Å². The third kappa shape index (κ3) is 3.66. The van der Waals surface area contributed by atoms with E-state index in [2.05, 4.69) is 10.6 Å². The molecule has 198 valence electrons. The van der Waals surface area contributed by atoms with Crippen LogP contribution in [-0.4, -0.2) is 41.9 Å². The number of amides is 1. The summed E-state index contributed by atoms with van der Waals surface area (Å²) in [7, 11) is 1.41. The largest absolute Gasteiger partial charge is 0.480 e. The van der Waals surface area contributed by atoms with E-state index in [4.69, 9.17) is 16.3 Å². The smallest absolute Gasteiger partial charge is 0.251 e. The Morgan fingerprint density at radius 1 is 1.18 bits per heavy atom. The van der Waals surface area contributed by atoms with E-state index >= 15 is 8.78 Å². The zero-order valence-corrected chi connectivity index (χ0v) is 21.4. The Morgan fingerprint density at radius 2 is 1.95 bits per heavy atom. The number of aliphatic hydroxyl groups excluding tert-OH is 2. The third-order valence-electron chi connectivity index (χ3n) is 8.10. The quantitative estimate of drug-likeness (QED) is 0.399. The molecule has 0 aromatic heterocycles. The number of benzene rings is 3. The van der Waals surface area contributed by atoms with Crippen molar-refractivity contribution < 1.29 is 28.5 Å². The Kier molecular flexibility index (Phi) is 6.18. The summed E-state index contributed by atoms with van der Waals surface area (Å²) in [6.45, 7) is 0.807. The van der Waals surface area contributed by atoms with Crippen molar-refractivity contribution in [1.82, 2.24) is 10.6 Å². The summed E-state index contributed by atoms with van der Waals surface area (Å²) in [5, 5.41) is 26.5. The molecule has 4 N–H and O–H groups in total. The Hall–Kier alpha value is -3.04. The van der Waals surface area contributed by atoms with E-state index in [1.54, 1.807) is 0 Å². The molecule has 0 spiro atoms. The van der Waals surface area contributed by atoms with Crippen LogP contribution in [0.3, 0.4) is 0 Å². The number of aliphatic hydroxyl groups is 2. The predicted octanol–water partition coefficient (Wildman–Crippen LogP) is 4.18. The van der Waals surface area contributed by atoms with E-state index in [1.807, 2.05) is 30.3 Å². The molecule has 4 atom stereocenters. The molecule has 2 aliphatic heterocycles. The fourth-order valence-corrected chi connectivity index (χ4v) is 6.58. The molecule has 3 aromatic carbocycles. The van der Waals surface area contributed by atoms with Crippen LogP contribution in [0.4, 0.5) is 8.78 Å². The van der Waals surface area contributed by atoms with Gasteiger partial charge in [0.1, 0.15) is 23.5 Å². The van der Waals surface area contributed by atoms with Crippen LogP contribution >= 0.6 is 11.6 Å². The van der Waals surface area contributed by atoms with Crippen LogP contribution in [0.5, 0.6) is 5.75 Å². The van der Waals surface area contributed by atoms with Gasteiger partial charge in [0.15, 0.2) is 5.60 Å². The van der Waals surface area contributed by atoms with Gasteiger partial charge in [0, 0.05) is 48.2 Å². The summed E-state index contributed by atoms with van der Waals surface area (Å²) >= 11 is 6.56. The molecular weight excluding hydrogens is 514 g/mol. The highest BCUT2D eigenvalue weighted by Gasteiger charge is 2.50. The molecule has 1 aliphatic carbocycles. The van der Waals surface area contributed by atoms with E-state index in [0.717, 1.165) is 24.9 Å². The molecule has 1 fully saturated rings. The summed E-state index contributed by atoms with van der Waals surface area (Å²) in [5.74, 6) is -2.09. The second kappa shape index (κ2) is 9.31. The SMILES string of the molecule is CNC(=O)c1cc2c(c(F)c1-c1c(Cl)c(F)cc3c1C[C@](c1ccccc1)([C@@H]1CCCN1)O3)C(O)C(O)C2. The Labute approximate surface area is 223 Å². The first-order valence-electron chi connectivity index (χ1n) is 12.7. The highest BCUT2D eigenvalue weighted by molar-refractivity contribution is 6.34. The van der Waals surface area contributed by atoms with Gasteiger partial charge in [-0.1, -0.05) is 41.9 Å². The van der Waals surface area contributed by atoms with Crippen LogP contribution in [0.25, 0.3) is 11.1 Å². The lowest BCUT2D eigenvalue weighted by molar-refractivity contribution is 0.0309. The van der Waals surface area contributed by atoms with Crippen LogP contribution in [-0.2, 0) is 18.4 Å². The third-order valence-corrected chi connectivity index (χ3v) is 8.47. The van der Waals surface area contributed by atoms with Gasteiger partial charge < -0.3 is 25.6 Å². The Balaban J connectivity index is 1.61. The number of rotatable bonds is 4. The lowest BCUT2D eigenvalue weighted by Gasteiger charge is -2.35. The first-order chi connectivity index (χ1) is 18.3. The molecular formula is C29H27ClF2N2O4. The number of fused-ring (bicyclic) bond motifs is 2. The second-order valence-electron chi connectivity index (χ2n) is 10.2. The number of hydrogen-bond donors (Lipinski definition) is 4. The average Bonchev–Trinajstić information content (AvgIpc) is 3.65. The number of nitrogens with one attached hydrogen (secondary N) is 2. The van der Waals surface area contributed by atoms with Gasteiger partial charge in [-0.15, -0.1) is 0 Å². The number of hydrogen-bond acceptors (Lipinski definition) is 5. The van der Waals surface area contributed by atoms with Crippen molar-refractivity contribution in [2.45, 2.75) is 49.5 Å². The summed E-state index contributed by atoms with van der Waals surface area (Å²) in [6, 6.07) is 12.2. The maximum Gasteiger partial charge on any atom is 0.251 e. The van der Waals surface area contributed by atoms with Crippen molar-refractivity contribution in [3.05, 3.63) is 86.9 Å². The Morgan fingerprint density at radius 3 is 2.63 bits per heavy atom. The zero-order valence-electron chi connectivity index (χ0n) is 20.7. The van der Waals surface area contributed by atoms with Crippen molar-refractivity contribution in [3.63, 3.8) is 0 Å². The molecule has 2 heterocycles. The van der Waals surface area contributed by atoms with Gasteiger partial charge in [-0.3, -0.25) is 4.79 Å². The van der Waals surface area contributed by atoms with Gasteiger partial charge in [0.05, 0.1) is 22.7 Å². The van der Waals surface area contributed by atoms with Crippen LogP contribution in [0.1, 0.15) is 51.6 Å². The topological polar surface area (TPSA) is 90.8 Å². The van der Waals surface area contributed by atoms with Gasteiger partial charge in [0.25, 0.3) is 5.91 Å². The van der Waals surface area contributed by atoms with Crippen molar-refractivity contribution >= 4 is 17.5 Å². The van der Waals surface area contributed by atoms with Gasteiger partial charge in [0.2, 0.25) is 0 Å². The molecule has 0 radical (unpaired) electrons. The van der Waals surface area contributed by atoms with Crippen molar-refractivity contribution in [3.8, 4) is 16.9 Å². The number of carbonyl (C=O) groups is 1. The normalized spacial score (nSPS) is 25.7. The maximum atomic E-state index is 16.4. The first kappa shape index (κ1) is 25.2. The van der Waals surface area contributed by atoms with Gasteiger partial charge >= 0.3 is 0 Å². The van der Waals surface area contributed by atoms with E-state index in [-0.39, 0.29) is 51.9 Å². The second-order valence-corrected chi connectivity index (χ2v) is 10.6. The summed E-state index contributed by atoms with van der Waals surface area (Å²) < 4.78 is 38.3. The first-order valence-corrected chi connectivity index (χ1v) is 13.1. The van der Waals surface area contributed by atoms with Gasteiger partial charge in [-0.25, -0.2) is 8.78 Å². The lowest BCUT2D eigenvalue weighted by Crippen LogP contribution is -2.48. The fraction of sp³-hybridized carbons (Fsp3) is 0.345. The molecule has 3 aliphatic rings. The van der Waals surface area contributed by atoms with Crippen molar-refractivity contribution in [1.29, 1.82) is 0 Å². The van der Waals surface area contributed by atoms with Gasteiger partial charge in [-0.05, 0) is 36.6 Å². The summed E-state index contributed by atoms with van der Waals surface area (Å²) in [5.41, 5.74) is 0.412. The van der Waals surface area contributed by atoms with E-state index in [9.17, 15) is 15.0 Å². The number of ether oxygens (including phenoxy) is 1. The monoisotopic (exact) mass is 540 g/mol. The van der Waals surface area contributed by atoms with Crippen LogP contribution in [0, 0.1) is 11.6 Å². The maximum absolute atomic E-state index is 16.4. The molecule has 1 saturated heterocycles. The molecule has 0 saturated carbocycles. The Bertz CT molecular complexity index is 1440. The van der Waals surface area contributed by atoms with E-state index < -0.39 is 35.4 Å². The average molecular weight is 541 g/mol. The molecule has 9 heteroatoms. The molecule has 2 unspecified atom stereocenters. The minimum Gasteiger partial charge on any atom is -0.480 e. The fourth-order valence-electron chi connectivity index (χ4n) is 6.32. The minimum atomic E-state index is -1.48. The molecule has 38 heavy (non-hydrogen) atoms. The predicted molar refractivity (Wildman–Crippen MR) is 138 cm³/mol. The summed E-state index contributed by atoms with van der Waals surface area (Å²) in [4.78, 5) is 13.0. The van der Waals surface area contributed by atoms with Gasteiger partial charge in [-0.2, -0.15) is 0 Å². The van der Waals surface area contributed by atoms with Crippen LogP contribution in [0.15, 0.2) is 42.5 Å². The lowest BCUT2D eigenvalue weighted by atomic mass is 9.80. The minimum absolute atomic E-state index is 0.0136. The highest BCUT2D eigenvalue weighted by Crippen LogP contribution is 2.53. The molecule has 3 aromatic rings. The van der Waals surface area contributed by atoms with E-state index in [0.29, 0.717) is 11.1 Å². The van der Waals surface area contributed by atoms with Crippen molar-refractivity contribution in [2.24, 2.45) is 0 Å². The standard InChI is InChI=1S/C29H27ClF2N2O4/c1-33-28(37)16-10-14-11-19(35)27(36)22(14)26(32)24(16)23-17-13-29(21-8-5-9-34-21,15-6-3-2-4-7-15)38-20(17)12-18(31)25(23)30/h2-4,6-7,10,12,19,21,27,34-36H,5,8-9,11,13H2,1H3,(H,33,37)/t19?,21-,27?,29-/m0/s1. The summed E-state index contributed by atoms with van der Waals surface area (Å²) in [6.07, 6.45) is -0.681. The van der Waals surface area contributed by atoms with Crippen molar-refractivity contribution in [2.75, 3.05) is 13.6 Å². The number of carbonyl (C=O) groups excluding carboxylic acids is 1. The molecule has 0 bridgehead atoms. The van der Waals surface area contributed by atoms with Crippen LogP contribution < -0.4 is 15.4 Å². The molecule has 6 rings (SSSR count). The van der Waals surface area contributed by atoms with Crippen LogP contribution in [0.2, 0.25) is 5.02 Å². The molecule has 6 nitrogen and oxygen atoms in total. The molecule has 1 amide bonds.